The first kappa shape index (κ1) is 44.8. The number of carbonyl (C=O) groups is 2. The van der Waals surface area contributed by atoms with E-state index in [9.17, 15) is 9.59 Å². The highest BCUT2D eigenvalue weighted by Crippen LogP contribution is 2.48. The molecule has 2 fully saturated rings. The first-order valence-corrected chi connectivity index (χ1v) is 25.0. The summed E-state index contributed by atoms with van der Waals surface area (Å²) in [5, 5.41) is 31.6. The summed E-state index contributed by atoms with van der Waals surface area (Å²) in [6, 6.07) is 13.6. The Balaban J connectivity index is 0.825. The number of methoxy groups -OCH3 is 2. The third-order valence-electron chi connectivity index (χ3n) is 14.1. The SMILES string of the molecule is COc1cc2c(cc1-c1cn(C)nn1)-c1c(c(C(=O)N(C)C(C)(C)CCn3ccc(-c4cc5c(cc4OC)OCc4c(C(=O)N6CCOCC67COC7)nn(-c6ccsc6)c4-5)n3)nn1-c1ccsc1)CO2. The third kappa shape index (κ3) is 7.39. The summed E-state index contributed by atoms with van der Waals surface area (Å²) in [7, 11) is 6.86. The van der Waals surface area contributed by atoms with E-state index in [1.54, 1.807) is 46.5 Å². The van der Waals surface area contributed by atoms with E-state index in [4.69, 9.17) is 43.7 Å². The Morgan fingerprint density at radius 3 is 1.96 bits per heavy atom. The number of benzene rings is 2. The Morgan fingerprint density at radius 2 is 1.39 bits per heavy atom. The van der Waals surface area contributed by atoms with Crippen LogP contribution in [0.25, 0.3) is 56.4 Å². The standard InChI is InChI=1S/C50H49N11O8S2/c1-49(2,57(4)47(62)43-35-22-68-42-20-40(65-6)32(38-21-56(3)55-51-38)18-34(42)45(35)60(53-43)29-8-15-70-24-29)10-12-58-11-7-37(52-58)31-17-33-41(19-39(31)64-5)69-23-36-44(54-61(46(33)36)30-9-16-71-25-30)48(63)59-13-14-66-26-50(59)27-67-28-50/h7-9,11,15-21,24-25H,10,12-14,22-23,26-28H2,1-6H3. The van der Waals surface area contributed by atoms with Crippen LogP contribution in [0.5, 0.6) is 23.0 Å². The number of aryl methyl sites for hydroxylation is 2. The Bertz CT molecular complexity index is 3370. The van der Waals surface area contributed by atoms with Gasteiger partial charge >= 0.3 is 0 Å². The van der Waals surface area contributed by atoms with Crippen LogP contribution in [0.4, 0.5) is 0 Å². The maximum Gasteiger partial charge on any atom is 0.275 e. The number of morpholine rings is 1. The summed E-state index contributed by atoms with van der Waals surface area (Å²) in [6.07, 6.45) is 4.32. The van der Waals surface area contributed by atoms with Crippen molar-refractivity contribution < 1.29 is 38.0 Å². The van der Waals surface area contributed by atoms with Gasteiger partial charge in [0.05, 0.1) is 75.3 Å². The summed E-state index contributed by atoms with van der Waals surface area (Å²) in [4.78, 5) is 32.9. The first-order chi connectivity index (χ1) is 34.4. The van der Waals surface area contributed by atoms with Crippen LogP contribution in [-0.2, 0) is 36.3 Å². The average Bonchev–Trinajstić information content (AvgIpc) is 4.25. The van der Waals surface area contributed by atoms with Crippen LogP contribution in [0.1, 0.15) is 52.4 Å². The normalized spacial score (nSPS) is 15.5. The molecule has 19 nitrogen and oxygen atoms in total. The van der Waals surface area contributed by atoms with Crippen molar-refractivity contribution in [2.24, 2.45) is 7.05 Å². The number of aromatic nitrogens is 9. The molecule has 2 amide bonds. The fourth-order valence-corrected chi connectivity index (χ4v) is 11.0. The van der Waals surface area contributed by atoms with Gasteiger partial charge in [-0.15, -0.1) is 5.10 Å². The molecule has 12 rings (SSSR count). The van der Waals surface area contributed by atoms with Gasteiger partial charge in [-0.25, -0.2) is 9.36 Å². The topological polar surface area (TPSA) is 180 Å². The zero-order chi connectivity index (χ0) is 48.8. The van der Waals surface area contributed by atoms with E-state index in [2.05, 4.69) is 10.3 Å². The van der Waals surface area contributed by atoms with Crippen molar-refractivity contribution in [3.05, 3.63) is 98.9 Å². The van der Waals surface area contributed by atoms with E-state index in [-0.39, 0.29) is 25.0 Å². The second-order valence-electron chi connectivity index (χ2n) is 18.7. The Labute approximate surface area is 415 Å². The van der Waals surface area contributed by atoms with Crippen LogP contribution >= 0.6 is 22.7 Å². The maximum atomic E-state index is 14.8. The maximum absolute atomic E-state index is 14.8. The molecule has 0 saturated carbocycles. The molecule has 364 valence electrons. The highest BCUT2D eigenvalue weighted by molar-refractivity contribution is 7.08. The molecule has 21 heteroatoms. The molecule has 0 atom stereocenters. The fraction of sp³-hybridized carbons (Fsp3) is 0.340. The second-order valence-corrected chi connectivity index (χ2v) is 20.3. The Morgan fingerprint density at radius 1 is 0.789 bits per heavy atom. The van der Waals surface area contributed by atoms with Gasteiger partial charge in [0.2, 0.25) is 0 Å². The molecule has 2 aromatic carbocycles. The van der Waals surface area contributed by atoms with Crippen molar-refractivity contribution in [2.75, 3.05) is 54.2 Å². The van der Waals surface area contributed by atoms with Gasteiger partial charge in [-0.3, -0.25) is 19.0 Å². The molecule has 10 heterocycles. The molecule has 4 aliphatic heterocycles. The number of rotatable bonds is 12. The number of amides is 2. The summed E-state index contributed by atoms with van der Waals surface area (Å²) in [6.45, 7) is 7.06. The number of nitrogens with zero attached hydrogens (tertiary/aromatic N) is 11. The van der Waals surface area contributed by atoms with Gasteiger partial charge in [0.25, 0.3) is 11.8 Å². The van der Waals surface area contributed by atoms with Crippen molar-refractivity contribution >= 4 is 34.5 Å². The predicted molar refractivity (Wildman–Crippen MR) is 263 cm³/mol. The number of thiophene rings is 2. The van der Waals surface area contributed by atoms with Gasteiger partial charge in [0.1, 0.15) is 47.4 Å². The van der Waals surface area contributed by atoms with Crippen LogP contribution in [0, 0.1) is 0 Å². The lowest BCUT2D eigenvalue weighted by molar-refractivity contribution is -0.181. The van der Waals surface area contributed by atoms with Gasteiger partial charge in [0.15, 0.2) is 11.4 Å². The van der Waals surface area contributed by atoms with Crippen LogP contribution in [0.15, 0.2) is 76.4 Å². The Kier molecular flexibility index (Phi) is 10.9. The largest absolute Gasteiger partial charge is 0.496 e. The van der Waals surface area contributed by atoms with E-state index < -0.39 is 11.1 Å². The smallest absolute Gasteiger partial charge is 0.275 e. The van der Waals surface area contributed by atoms with E-state index in [0.29, 0.717) is 103 Å². The molecule has 1 spiro atoms. The lowest BCUT2D eigenvalue weighted by atomic mass is 9.93. The van der Waals surface area contributed by atoms with Crippen molar-refractivity contribution in [3.63, 3.8) is 0 Å². The van der Waals surface area contributed by atoms with E-state index in [0.717, 1.165) is 45.0 Å². The zero-order valence-electron chi connectivity index (χ0n) is 39.9. The second kappa shape index (κ2) is 17.2. The lowest BCUT2D eigenvalue weighted by Crippen LogP contribution is -2.69. The number of hydrogen-bond acceptors (Lipinski definition) is 15. The van der Waals surface area contributed by atoms with Crippen molar-refractivity contribution in [1.29, 1.82) is 0 Å². The molecule has 0 aliphatic carbocycles. The summed E-state index contributed by atoms with van der Waals surface area (Å²) < 4.78 is 43.1. The zero-order valence-corrected chi connectivity index (χ0v) is 41.5. The van der Waals surface area contributed by atoms with Crippen molar-refractivity contribution in [1.82, 2.24) is 54.1 Å². The summed E-state index contributed by atoms with van der Waals surface area (Å²) in [5.74, 6) is 2.01. The number of hydrogen-bond donors (Lipinski definition) is 0. The van der Waals surface area contributed by atoms with Crippen LogP contribution in [0.3, 0.4) is 0 Å². The molecule has 2 saturated heterocycles. The molecule has 0 bridgehead atoms. The molecule has 0 N–H and O–H groups in total. The monoisotopic (exact) mass is 995 g/mol. The van der Waals surface area contributed by atoms with E-state index in [1.807, 2.05) is 123 Å². The third-order valence-corrected chi connectivity index (χ3v) is 15.4. The molecule has 71 heavy (non-hydrogen) atoms. The highest BCUT2D eigenvalue weighted by Gasteiger charge is 2.50. The Hall–Kier alpha value is -7.33. The molecule has 6 aromatic heterocycles. The van der Waals surface area contributed by atoms with Gasteiger partial charge in [0, 0.05) is 95.2 Å². The molecule has 0 radical (unpaired) electrons. The molecule has 8 aromatic rings. The van der Waals surface area contributed by atoms with Gasteiger partial charge in [-0.05, 0) is 61.4 Å². The first-order valence-electron chi connectivity index (χ1n) is 23.1. The highest BCUT2D eigenvalue weighted by atomic mass is 32.1. The van der Waals surface area contributed by atoms with E-state index >= 15 is 0 Å². The van der Waals surface area contributed by atoms with Crippen LogP contribution in [-0.4, -0.2) is 131 Å². The van der Waals surface area contributed by atoms with Gasteiger partial charge in [-0.1, -0.05) is 5.21 Å². The minimum atomic E-state index is -0.638. The van der Waals surface area contributed by atoms with Gasteiger partial charge in [-0.2, -0.15) is 38.0 Å². The number of ether oxygens (including phenoxy) is 6. The van der Waals surface area contributed by atoms with Crippen LogP contribution < -0.4 is 18.9 Å². The van der Waals surface area contributed by atoms with Gasteiger partial charge < -0.3 is 38.2 Å². The van der Waals surface area contributed by atoms with Crippen molar-refractivity contribution in [3.8, 4) is 79.4 Å². The van der Waals surface area contributed by atoms with Crippen molar-refractivity contribution in [2.45, 2.75) is 51.1 Å². The summed E-state index contributed by atoms with van der Waals surface area (Å²) >= 11 is 3.11. The average molecular weight is 996 g/mol. The number of fused-ring (bicyclic) bond motifs is 6. The van der Waals surface area contributed by atoms with E-state index in [1.165, 1.54) is 0 Å². The molecular weight excluding hydrogens is 947 g/mol. The van der Waals surface area contributed by atoms with Crippen LogP contribution in [0.2, 0.25) is 0 Å². The molecule has 4 aliphatic rings. The minimum Gasteiger partial charge on any atom is -0.496 e. The quantitative estimate of drug-likeness (QED) is 0.121. The molecular formula is C50H49N11O8S2. The number of carbonyl (C=O) groups excluding carboxylic acids is 2. The summed E-state index contributed by atoms with van der Waals surface area (Å²) in [5.41, 5.74) is 8.49. The predicted octanol–water partition coefficient (Wildman–Crippen LogP) is 7.16. The fourth-order valence-electron chi connectivity index (χ4n) is 9.81. The minimum absolute atomic E-state index is 0.144. The lowest BCUT2D eigenvalue weighted by Gasteiger charge is -2.51. The molecule has 0 unspecified atom stereocenters.